The molecule has 3 fully saturated rings. The van der Waals surface area contributed by atoms with Gasteiger partial charge < -0.3 is 19.3 Å². The zero-order valence-corrected chi connectivity index (χ0v) is 15.6. The van der Waals surface area contributed by atoms with Crippen molar-refractivity contribution in [2.75, 3.05) is 44.3 Å². The van der Waals surface area contributed by atoms with Gasteiger partial charge in [0.2, 0.25) is 5.95 Å². The van der Waals surface area contributed by atoms with E-state index in [4.69, 9.17) is 9.47 Å². The van der Waals surface area contributed by atoms with Crippen LogP contribution in [0.5, 0.6) is 0 Å². The molecule has 4 rings (SSSR count). The Morgan fingerprint density at radius 2 is 1.65 bits per heavy atom. The predicted molar refractivity (Wildman–Crippen MR) is 97.2 cm³/mol. The van der Waals surface area contributed by atoms with Crippen LogP contribution in [0.1, 0.15) is 54.7 Å². The van der Waals surface area contributed by atoms with E-state index in [1.165, 1.54) is 12.8 Å². The molecule has 142 valence electrons. The summed E-state index contributed by atoms with van der Waals surface area (Å²) in [7, 11) is 0. The molecule has 7 nitrogen and oxygen atoms in total. The number of aryl methyl sites for hydroxylation is 1. The minimum atomic E-state index is -0.463. The summed E-state index contributed by atoms with van der Waals surface area (Å²) in [6.07, 6.45) is 6.29. The number of rotatable bonds is 2. The van der Waals surface area contributed by atoms with Crippen LogP contribution in [0.25, 0.3) is 0 Å². The monoisotopic (exact) mass is 360 g/mol. The molecular formula is C19H28N4O3. The van der Waals surface area contributed by atoms with E-state index in [1.54, 1.807) is 6.07 Å². The van der Waals surface area contributed by atoms with Crippen LogP contribution in [0.15, 0.2) is 6.07 Å². The predicted octanol–water partition coefficient (Wildman–Crippen LogP) is 2.14. The molecule has 4 heterocycles. The Bertz CT molecular complexity index is 642. The summed E-state index contributed by atoms with van der Waals surface area (Å²) in [6, 6.07) is 1.80. The maximum Gasteiger partial charge on any atom is 0.272 e. The first-order valence-electron chi connectivity index (χ1n) is 9.83. The second-order valence-corrected chi connectivity index (χ2v) is 7.50. The number of hydrogen-bond donors (Lipinski definition) is 0. The molecule has 26 heavy (non-hydrogen) atoms. The highest BCUT2D eigenvalue weighted by molar-refractivity contribution is 5.92. The summed E-state index contributed by atoms with van der Waals surface area (Å²) in [5.74, 6) is 0.223. The number of nitrogens with zero attached hydrogens (tertiary/aromatic N) is 4. The number of ether oxygens (including phenoxy) is 2. The van der Waals surface area contributed by atoms with E-state index in [0.29, 0.717) is 37.9 Å². The first-order valence-corrected chi connectivity index (χ1v) is 9.83. The van der Waals surface area contributed by atoms with Gasteiger partial charge in [-0.15, -0.1) is 0 Å². The molecule has 3 aliphatic rings. The fraction of sp³-hybridized carbons (Fsp3) is 0.737. The smallest absolute Gasteiger partial charge is 0.272 e. The van der Waals surface area contributed by atoms with Gasteiger partial charge in [0.25, 0.3) is 5.91 Å². The van der Waals surface area contributed by atoms with Gasteiger partial charge >= 0.3 is 0 Å². The summed E-state index contributed by atoms with van der Waals surface area (Å²) < 4.78 is 11.5. The lowest BCUT2D eigenvalue weighted by molar-refractivity contribution is -0.181. The topological polar surface area (TPSA) is 67.8 Å². The Balaban J connectivity index is 1.47. The van der Waals surface area contributed by atoms with E-state index in [2.05, 4.69) is 14.9 Å². The van der Waals surface area contributed by atoms with E-state index in [9.17, 15) is 4.79 Å². The van der Waals surface area contributed by atoms with E-state index in [-0.39, 0.29) is 5.91 Å². The zero-order chi connectivity index (χ0) is 18.0. The van der Waals surface area contributed by atoms with Gasteiger partial charge in [-0.05, 0) is 25.8 Å². The number of piperidine rings is 1. The molecule has 0 saturated carbocycles. The van der Waals surface area contributed by atoms with Crippen molar-refractivity contribution in [3.63, 3.8) is 0 Å². The lowest BCUT2D eigenvalue weighted by atomic mass is 10.0. The molecule has 1 aromatic rings. The molecule has 0 unspecified atom stereocenters. The van der Waals surface area contributed by atoms with Gasteiger partial charge in [-0.2, -0.15) is 0 Å². The van der Waals surface area contributed by atoms with Crippen LogP contribution in [0.4, 0.5) is 5.95 Å². The molecule has 0 aromatic carbocycles. The maximum absolute atomic E-state index is 13.0. The van der Waals surface area contributed by atoms with Gasteiger partial charge in [-0.25, -0.2) is 9.97 Å². The number of amides is 1. The van der Waals surface area contributed by atoms with E-state index < -0.39 is 5.79 Å². The van der Waals surface area contributed by atoms with Crippen LogP contribution in [0, 0.1) is 6.92 Å². The van der Waals surface area contributed by atoms with Crippen molar-refractivity contribution in [1.29, 1.82) is 0 Å². The van der Waals surface area contributed by atoms with Crippen LogP contribution >= 0.6 is 0 Å². The molecule has 0 N–H and O–H groups in total. The maximum atomic E-state index is 13.0. The molecule has 1 spiro atoms. The van der Waals surface area contributed by atoms with Crippen molar-refractivity contribution in [2.24, 2.45) is 0 Å². The summed E-state index contributed by atoms with van der Waals surface area (Å²) >= 11 is 0. The second-order valence-electron chi connectivity index (χ2n) is 7.50. The van der Waals surface area contributed by atoms with E-state index in [1.807, 2.05) is 11.8 Å². The number of carbonyl (C=O) groups excluding carboxylic acids is 1. The van der Waals surface area contributed by atoms with E-state index in [0.717, 1.165) is 44.5 Å². The Hall–Kier alpha value is -1.73. The van der Waals surface area contributed by atoms with Gasteiger partial charge in [0.05, 0.1) is 13.2 Å². The highest BCUT2D eigenvalue weighted by Gasteiger charge is 2.41. The number of anilines is 1. The summed E-state index contributed by atoms with van der Waals surface area (Å²) in [6.45, 7) is 6.46. The van der Waals surface area contributed by atoms with Crippen molar-refractivity contribution in [3.05, 3.63) is 17.5 Å². The van der Waals surface area contributed by atoms with Crippen molar-refractivity contribution in [3.8, 4) is 0 Å². The molecular weight excluding hydrogens is 332 g/mol. The lowest BCUT2D eigenvalue weighted by Gasteiger charge is -2.37. The van der Waals surface area contributed by atoms with Gasteiger partial charge in [0, 0.05) is 44.7 Å². The fourth-order valence-electron chi connectivity index (χ4n) is 4.07. The van der Waals surface area contributed by atoms with Crippen molar-refractivity contribution >= 4 is 11.9 Å². The van der Waals surface area contributed by atoms with Crippen LogP contribution in [0.2, 0.25) is 0 Å². The Morgan fingerprint density at radius 1 is 1.00 bits per heavy atom. The Labute approximate surface area is 154 Å². The van der Waals surface area contributed by atoms with Crippen LogP contribution in [-0.2, 0) is 9.47 Å². The molecule has 7 heteroatoms. The average Bonchev–Trinajstić information content (AvgIpc) is 2.93. The van der Waals surface area contributed by atoms with Crippen LogP contribution in [0.3, 0.4) is 0 Å². The third-order valence-electron chi connectivity index (χ3n) is 5.58. The molecule has 3 aliphatic heterocycles. The van der Waals surface area contributed by atoms with E-state index >= 15 is 0 Å². The Morgan fingerprint density at radius 3 is 2.31 bits per heavy atom. The third kappa shape index (κ3) is 3.69. The fourth-order valence-corrected chi connectivity index (χ4v) is 4.07. The van der Waals surface area contributed by atoms with Gasteiger partial charge in [0.15, 0.2) is 5.79 Å². The molecule has 3 saturated heterocycles. The molecule has 0 radical (unpaired) electrons. The summed E-state index contributed by atoms with van der Waals surface area (Å²) in [5.41, 5.74) is 1.35. The number of likely N-dealkylation sites (tertiary alicyclic amines) is 1. The normalized spacial score (nSPS) is 23.3. The highest BCUT2D eigenvalue weighted by Crippen LogP contribution is 2.31. The van der Waals surface area contributed by atoms with Crippen molar-refractivity contribution in [2.45, 2.75) is 51.2 Å². The van der Waals surface area contributed by atoms with Gasteiger partial charge in [0.1, 0.15) is 5.69 Å². The largest absolute Gasteiger partial charge is 0.347 e. The van der Waals surface area contributed by atoms with Crippen molar-refractivity contribution < 1.29 is 14.3 Å². The van der Waals surface area contributed by atoms with Crippen LogP contribution in [-0.4, -0.2) is 66.0 Å². The quantitative estimate of drug-likeness (QED) is 0.805. The van der Waals surface area contributed by atoms with Crippen LogP contribution < -0.4 is 4.90 Å². The number of carbonyl (C=O) groups is 1. The van der Waals surface area contributed by atoms with Gasteiger partial charge in [-0.1, -0.05) is 12.8 Å². The third-order valence-corrected chi connectivity index (χ3v) is 5.58. The van der Waals surface area contributed by atoms with Crippen molar-refractivity contribution in [1.82, 2.24) is 14.9 Å². The molecule has 0 atom stereocenters. The second kappa shape index (κ2) is 7.48. The van der Waals surface area contributed by atoms with Gasteiger partial charge in [-0.3, -0.25) is 4.79 Å². The number of aromatic nitrogens is 2. The molecule has 0 bridgehead atoms. The minimum absolute atomic E-state index is 0.0144. The zero-order valence-electron chi connectivity index (χ0n) is 15.6. The lowest BCUT2D eigenvalue weighted by Crippen LogP contribution is -2.47. The standard InChI is InChI=1S/C19H28N4O3/c1-15-14-16(21-18(20-15)23-8-4-2-3-5-9-23)17(24)22-10-6-19(7-11-22)25-12-13-26-19/h14H,2-13H2,1H3. The number of hydrogen-bond acceptors (Lipinski definition) is 6. The molecule has 0 aliphatic carbocycles. The SMILES string of the molecule is Cc1cc(C(=O)N2CCC3(CC2)OCCO3)nc(N2CCCCCC2)n1. The average molecular weight is 360 g/mol. The first-order chi connectivity index (χ1) is 12.7. The highest BCUT2D eigenvalue weighted by atomic mass is 16.7. The summed E-state index contributed by atoms with van der Waals surface area (Å²) in [5, 5.41) is 0. The minimum Gasteiger partial charge on any atom is -0.347 e. The summed E-state index contributed by atoms with van der Waals surface area (Å²) in [4.78, 5) is 26.3. The molecule has 1 amide bonds. The molecule has 1 aromatic heterocycles. The first kappa shape index (κ1) is 17.7. The Kier molecular flexibility index (Phi) is 5.09.